The van der Waals surface area contributed by atoms with Crippen molar-refractivity contribution >= 4 is 24.1 Å². The summed E-state index contributed by atoms with van der Waals surface area (Å²) in [6, 6.07) is 0. The first kappa shape index (κ1) is 42.0. The van der Waals surface area contributed by atoms with Crippen LogP contribution in [0.25, 0.3) is 0 Å². The number of nitrogens with one attached hydrogen (secondary N) is 2. The number of hydrogen-bond acceptors (Lipinski definition) is 10. The summed E-state index contributed by atoms with van der Waals surface area (Å²) in [6.45, 7) is 24.8. The van der Waals surface area contributed by atoms with Gasteiger partial charge in [0.15, 0.2) is 0 Å². The van der Waals surface area contributed by atoms with Gasteiger partial charge in [-0.05, 0) is 43.4 Å². The summed E-state index contributed by atoms with van der Waals surface area (Å²) in [6.07, 6.45) is 1.73. The van der Waals surface area contributed by atoms with Crippen molar-refractivity contribution in [1.82, 2.24) is 10.6 Å². The summed E-state index contributed by atoms with van der Waals surface area (Å²) in [5.74, 6) is 0.542. The van der Waals surface area contributed by atoms with E-state index < -0.39 is 24.1 Å². The van der Waals surface area contributed by atoms with Gasteiger partial charge < -0.3 is 39.1 Å². The van der Waals surface area contributed by atoms with E-state index in [9.17, 15) is 19.2 Å². The lowest BCUT2D eigenvalue weighted by atomic mass is 10.1. The van der Waals surface area contributed by atoms with Crippen LogP contribution in [-0.2, 0) is 38.0 Å². The molecule has 0 aromatic heterocycles. The largest absolute Gasteiger partial charge is 0.461 e. The zero-order chi connectivity index (χ0) is 33.0. The van der Waals surface area contributed by atoms with Crippen LogP contribution in [-0.4, -0.2) is 90.1 Å². The van der Waals surface area contributed by atoms with Gasteiger partial charge in [-0.15, -0.1) is 0 Å². The summed E-state index contributed by atoms with van der Waals surface area (Å²) in [7, 11) is 0. The Kier molecular flexibility index (Phi) is 27.1. The molecule has 0 spiro atoms. The minimum atomic E-state index is -0.514. The van der Waals surface area contributed by atoms with E-state index in [0.717, 1.165) is 32.1 Å². The van der Waals surface area contributed by atoms with Crippen molar-refractivity contribution in [1.29, 1.82) is 0 Å². The molecule has 0 heterocycles. The van der Waals surface area contributed by atoms with Crippen molar-refractivity contribution in [2.45, 2.75) is 61.3 Å². The minimum Gasteiger partial charge on any atom is -0.461 e. The van der Waals surface area contributed by atoms with Gasteiger partial charge in [-0.25, -0.2) is 19.2 Å². The quantitative estimate of drug-likeness (QED) is 0.0719. The molecule has 0 rings (SSSR count). The van der Waals surface area contributed by atoms with E-state index in [4.69, 9.17) is 28.4 Å². The molecule has 0 aliphatic heterocycles. The van der Waals surface area contributed by atoms with Crippen molar-refractivity contribution < 1.29 is 50.5 Å². The van der Waals surface area contributed by atoms with Crippen LogP contribution in [0.1, 0.15) is 64.2 Å². The topological polar surface area (TPSA) is 148 Å². The SMILES string of the molecule is C=C(C)C(=O)OCCNC(=O)OCC(C)CCOCC(C)C.C=CC(=O)OCCNC(=O)OCC(C)CCOCC(C)C.[HH].[HH]. The van der Waals surface area contributed by atoms with Gasteiger partial charge in [0.1, 0.15) is 13.2 Å². The number of carbonyl (C=O) groups excluding carboxylic acids is 4. The summed E-state index contributed by atoms with van der Waals surface area (Å²) in [5.41, 5.74) is 0.330. The Morgan fingerprint density at radius 3 is 1.47 bits per heavy atom. The molecule has 12 nitrogen and oxygen atoms in total. The van der Waals surface area contributed by atoms with Gasteiger partial charge in [0, 0.05) is 40.9 Å². The number of rotatable bonds is 22. The fourth-order valence-electron chi connectivity index (χ4n) is 2.70. The number of esters is 2. The van der Waals surface area contributed by atoms with E-state index in [-0.39, 0.29) is 41.0 Å². The molecule has 43 heavy (non-hydrogen) atoms. The highest BCUT2D eigenvalue weighted by molar-refractivity contribution is 5.86. The van der Waals surface area contributed by atoms with Crippen molar-refractivity contribution in [3.8, 4) is 0 Å². The van der Waals surface area contributed by atoms with Crippen molar-refractivity contribution in [2.24, 2.45) is 23.7 Å². The molecule has 0 bridgehead atoms. The first-order chi connectivity index (χ1) is 20.3. The highest BCUT2D eigenvalue weighted by Gasteiger charge is 2.09. The standard InChI is InChI=1S/C16H29NO5.C15H27NO5.2H2/c1-12(2)10-20-8-6-14(5)11-22-16(19)17-7-9-21-15(18)13(3)4;1-5-14(17)20-9-7-16-15(18)21-11-13(4)6-8-19-10-12(2)3;;/h12,14H,3,6-11H2,1-2,4-5H3,(H,17,19);5,12-13H,1,6-11H2,2-4H3,(H,16,18);2*1H. The van der Waals surface area contributed by atoms with Crippen LogP contribution in [0, 0.1) is 23.7 Å². The van der Waals surface area contributed by atoms with E-state index in [1.165, 1.54) is 0 Å². The van der Waals surface area contributed by atoms with Gasteiger partial charge in [-0.3, -0.25) is 0 Å². The minimum absolute atomic E-state index is 0. The Hall–Kier alpha value is -3.12. The molecule has 0 saturated heterocycles. The van der Waals surface area contributed by atoms with E-state index in [1.807, 2.05) is 13.8 Å². The molecule has 0 radical (unpaired) electrons. The maximum absolute atomic E-state index is 11.4. The van der Waals surface area contributed by atoms with Crippen molar-refractivity contribution in [3.63, 3.8) is 0 Å². The van der Waals surface area contributed by atoms with Gasteiger partial charge in [0.25, 0.3) is 0 Å². The van der Waals surface area contributed by atoms with Crippen LogP contribution in [0.3, 0.4) is 0 Å². The third-order valence-corrected chi connectivity index (χ3v) is 5.15. The fourth-order valence-corrected chi connectivity index (χ4v) is 2.70. The molecule has 0 aromatic rings. The van der Waals surface area contributed by atoms with Gasteiger partial charge in [0.05, 0.1) is 26.3 Å². The Balaban J connectivity index is -0.000000358. The second kappa shape index (κ2) is 27.7. The third-order valence-electron chi connectivity index (χ3n) is 5.15. The second-order valence-corrected chi connectivity index (χ2v) is 11.1. The summed E-state index contributed by atoms with van der Waals surface area (Å²) < 4.78 is 30.6. The molecular formula is C31H60N2O10. The lowest BCUT2D eigenvalue weighted by Crippen LogP contribution is -2.30. The van der Waals surface area contributed by atoms with Crippen LogP contribution in [0.15, 0.2) is 24.8 Å². The molecule has 12 heteroatoms. The Morgan fingerprint density at radius 2 is 1.09 bits per heavy atom. The third kappa shape index (κ3) is 31.6. The van der Waals surface area contributed by atoms with E-state index >= 15 is 0 Å². The molecule has 0 saturated carbocycles. The lowest BCUT2D eigenvalue weighted by Gasteiger charge is -2.13. The molecule has 2 N–H and O–H groups in total. The Labute approximate surface area is 261 Å². The number of alkyl carbamates (subject to hydrolysis) is 2. The lowest BCUT2D eigenvalue weighted by molar-refractivity contribution is -0.139. The van der Waals surface area contributed by atoms with Crippen LogP contribution < -0.4 is 10.6 Å². The summed E-state index contributed by atoms with van der Waals surface area (Å²) in [4.78, 5) is 44.6. The van der Waals surface area contributed by atoms with Gasteiger partial charge in [-0.1, -0.05) is 54.7 Å². The maximum Gasteiger partial charge on any atom is 0.407 e. The van der Waals surface area contributed by atoms with Gasteiger partial charge in [0.2, 0.25) is 0 Å². The molecule has 2 atom stereocenters. The summed E-state index contributed by atoms with van der Waals surface area (Å²) in [5, 5.41) is 5.01. The van der Waals surface area contributed by atoms with Crippen molar-refractivity contribution in [3.05, 3.63) is 24.8 Å². The van der Waals surface area contributed by atoms with Crippen molar-refractivity contribution in [2.75, 3.05) is 65.9 Å². The predicted molar refractivity (Wildman–Crippen MR) is 169 cm³/mol. The molecule has 0 aromatic carbocycles. The van der Waals surface area contributed by atoms with Crippen LogP contribution in [0.5, 0.6) is 0 Å². The van der Waals surface area contributed by atoms with Crippen LogP contribution >= 0.6 is 0 Å². The number of amides is 2. The van der Waals surface area contributed by atoms with Gasteiger partial charge in [-0.2, -0.15) is 0 Å². The Bertz CT molecular complexity index is 813. The highest BCUT2D eigenvalue weighted by atomic mass is 16.6. The molecule has 2 amide bonds. The smallest absolute Gasteiger partial charge is 0.407 e. The molecule has 0 aliphatic rings. The van der Waals surface area contributed by atoms with E-state index in [2.05, 4.69) is 51.5 Å². The highest BCUT2D eigenvalue weighted by Crippen LogP contribution is 2.05. The molecule has 0 fully saturated rings. The molecule has 254 valence electrons. The fraction of sp³-hybridized carbons (Fsp3) is 0.742. The Morgan fingerprint density at radius 1 is 0.674 bits per heavy atom. The average molecular weight is 621 g/mol. The zero-order valence-corrected chi connectivity index (χ0v) is 27.4. The normalized spacial score (nSPS) is 11.8. The van der Waals surface area contributed by atoms with Gasteiger partial charge >= 0.3 is 24.1 Å². The molecule has 0 aliphatic carbocycles. The first-order valence-electron chi connectivity index (χ1n) is 14.9. The zero-order valence-electron chi connectivity index (χ0n) is 27.4. The van der Waals surface area contributed by atoms with Crippen LogP contribution in [0.4, 0.5) is 9.59 Å². The molecular weight excluding hydrogens is 560 g/mol. The summed E-state index contributed by atoms with van der Waals surface area (Å²) >= 11 is 0. The average Bonchev–Trinajstić information content (AvgIpc) is 2.95. The van der Waals surface area contributed by atoms with E-state index in [1.54, 1.807) is 6.92 Å². The monoisotopic (exact) mass is 620 g/mol. The number of hydrogen-bond donors (Lipinski definition) is 2. The van der Waals surface area contributed by atoms with Crippen LogP contribution in [0.2, 0.25) is 0 Å². The second-order valence-electron chi connectivity index (χ2n) is 11.1. The first-order valence-corrected chi connectivity index (χ1v) is 14.9. The van der Waals surface area contributed by atoms with E-state index in [0.29, 0.717) is 43.8 Å². The predicted octanol–water partition coefficient (Wildman–Crippen LogP) is 5.16. The maximum atomic E-state index is 11.4. The number of ether oxygens (including phenoxy) is 6. The molecule has 2 unspecified atom stereocenters. The number of carbonyl (C=O) groups is 4.